The number of hydrogen-bond donors (Lipinski definition) is 0. The largest absolute Gasteiger partial charge is 0.488 e. The quantitative estimate of drug-likeness (QED) is 0.368. The molecule has 0 aliphatic rings. The molecule has 2 aromatic carbocycles. The average molecular weight is 392 g/mol. The molecule has 0 unspecified atom stereocenters. The molecule has 0 saturated heterocycles. The van der Waals surface area contributed by atoms with Gasteiger partial charge in [0, 0.05) is 0 Å². The van der Waals surface area contributed by atoms with E-state index in [1.165, 1.54) is 6.07 Å². The molecule has 0 saturated carbocycles. The third kappa shape index (κ3) is 6.13. The predicted octanol–water partition coefficient (Wildman–Crippen LogP) is 6.13. The number of hydrogen-bond acceptors (Lipinski definition) is 1. The van der Waals surface area contributed by atoms with Crippen molar-refractivity contribution in [3.8, 4) is 5.75 Å². The lowest BCUT2D eigenvalue weighted by molar-refractivity contribution is -0.923. The highest BCUT2D eigenvalue weighted by atomic mass is 19.4. The zero-order valence-electron chi connectivity index (χ0n) is 16.8. The van der Waals surface area contributed by atoms with Crippen molar-refractivity contribution in [3.63, 3.8) is 0 Å². The summed E-state index contributed by atoms with van der Waals surface area (Å²) < 4.78 is 45.3. The Morgan fingerprint density at radius 2 is 1.46 bits per heavy atom. The second kappa shape index (κ2) is 9.78. The molecule has 0 amide bonds. The predicted molar refractivity (Wildman–Crippen MR) is 109 cm³/mol. The maximum Gasteiger partial charge on any atom is 0.416 e. The van der Waals surface area contributed by atoms with Gasteiger partial charge in [-0.05, 0) is 56.2 Å². The number of rotatable bonds is 9. The van der Waals surface area contributed by atoms with Gasteiger partial charge in [-0.3, -0.25) is 0 Å². The monoisotopic (exact) mass is 392 g/mol. The number of likely N-dealkylation sites (N-methyl/N-ethyl adjacent to an activating group) is 1. The average Bonchev–Trinajstić information content (AvgIpc) is 2.70. The summed E-state index contributed by atoms with van der Waals surface area (Å²) in [6, 6.07) is 12.9. The van der Waals surface area contributed by atoms with Crippen LogP contribution in [0, 0.1) is 0 Å². The van der Waals surface area contributed by atoms with Crippen molar-refractivity contribution >= 4 is 12.2 Å². The van der Waals surface area contributed by atoms with E-state index < -0.39 is 11.7 Å². The summed E-state index contributed by atoms with van der Waals surface area (Å²) in [5.41, 5.74) is 0.785. The molecule has 0 aromatic heterocycles. The van der Waals surface area contributed by atoms with E-state index >= 15 is 0 Å². The zero-order chi connectivity index (χ0) is 20.6. The van der Waals surface area contributed by atoms with Gasteiger partial charge in [-0.2, -0.15) is 13.2 Å². The Hall–Kier alpha value is -2.27. The molecule has 0 atom stereocenters. The Labute approximate surface area is 165 Å². The molecule has 2 aromatic rings. The summed E-state index contributed by atoms with van der Waals surface area (Å²) in [5, 5.41) is 0. The van der Waals surface area contributed by atoms with E-state index in [1.807, 2.05) is 24.3 Å². The van der Waals surface area contributed by atoms with Crippen molar-refractivity contribution in [1.29, 1.82) is 0 Å². The third-order valence-corrected chi connectivity index (χ3v) is 5.41. The van der Waals surface area contributed by atoms with Crippen molar-refractivity contribution in [2.24, 2.45) is 0 Å². The second-order valence-corrected chi connectivity index (χ2v) is 6.89. The molecule has 0 spiro atoms. The van der Waals surface area contributed by atoms with E-state index in [-0.39, 0.29) is 0 Å². The van der Waals surface area contributed by atoms with Crippen LogP contribution in [0.25, 0.3) is 12.2 Å². The van der Waals surface area contributed by atoms with E-state index in [2.05, 4.69) is 20.8 Å². The fraction of sp³-hybridized carbons (Fsp3) is 0.391. The minimum atomic E-state index is -4.33. The van der Waals surface area contributed by atoms with Crippen LogP contribution in [-0.2, 0) is 6.18 Å². The Bertz CT molecular complexity index is 754. The fourth-order valence-electron chi connectivity index (χ4n) is 3.19. The number of ether oxygens (including phenoxy) is 1. The van der Waals surface area contributed by atoms with Gasteiger partial charge in [0.05, 0.1) is 25.2 Å². The molecule has 0 aliphatic heterocycles. The first-order chi connectivity index (χ1) is 13.3. The molecular formula is C23H29F3NO+. The van der Waals surface area contributed by atoms with Gasteiger partial charge >= 0.3 is 6.18 Å². The Morgan fingerprint density at radius 1 is 0.857 bits per heavy atom. The van der Waals surface area contributed by atoms with Gasteiger partial charge in [-0.25, -0.2) is 0 Å². The molecular weight excluding hydrogens is 363 g/mol. The van der Waals surface area contributed by atoms with Gasteiger partial charge in [0.1, 0.15) is 18.9 Å². The molecule has 2 nitrogen and oxygen atoms in total. The van der Waals surface area contributed by atoms with E-state index in [0.717, 1.165) is 54.1 Å². The van der Waals surface area contributed by atoms with Gasteiger partial charge < -0.3 is 9.22 Å². The summed E-state index contributed by atoms with van der Waals surface area (Å²) in [6.07, 6.45) is -0.848. The highest BCUT2D eigenvalue weighted by Gasteiger charge is 2.30. The normalized spacial score (nSPS) is 12.5. The molecule has 5 heteroatoms. The first-order valence-corrected chi connectivity index (χ1v) is 9.75. The number of halogens is 3. The maximum absolute atomic E-state index is 12.8. The van der Waals surface area contributed by atoms with Crippen molar-refractivity contribution in [2.45, 2.75) is 26.9 Å². The highest BCUT2D eigenvalue weighted by Crippen LogP contribution is 2.29. The van der Waals surface area contributed by atoms with Crippen LogP contribution in [0.5, 0.6) is 5.75 Å². The van der Waals surface area contributed by atoms with Gasteiger partial charge in [0.15, 0.2) is 0 Å². The fourth-order valence-corrected chi connectivity index (χ4v) is 3.19. The Kier molecular flexibility index (Phi) is 7.69. The van der Waals surface area contributed by atoms with E-state index in [4.69, 9.17) is 4.74 Å². The van der Waals surface area contributed by atoms with Crippen molar-refractivity contribution < 1.29 is 22.4 Å². The van der Waals surface area contributed by atoms with Crippen LogP contribution < -0.4 is 4.74 Å². The minimum Gasteiger partial charge on any atom is -0.488 e. The number of nitrogens with zero attached hydrogens (tertiary/aromatic N) is 1. The second-order valence-electron chi connectivity index (χ2n) is 6.89. The lowest BCUT2D eigenvalue weighted by Crippen LogP contribution is -2.49. The summed E-state index contributed by atoms with van der Waals surface area (Å²) >= 11 is 0. The summed E-state index contributed by atoms with van der Waals surface area (Å²) in [7, 11) is 0. The summed E-state index contributed by atoms with van der Waals surface area (Å²) in [4.78, 5) is 0. The van der Waals surface area contributed by atoms with Gasteiger partial charge in [-0.15, -0.1) is 0 Å². The van der Waals surface area contributed by atoms with Gasteiger partial charge in [0.2, 0.25) is 0 Å². The van der Waals surface area contributed by atoms with Crippen LogP contribution in [0.2, 0.25) is 0 Å². The molecule has 152 valence electrons. The molecule has 0 fully saturated rings. The maximum atomic E-state index is 12.8. The molecule has 0 heterocycles. The first-order valence-electron chi connectivity index (χ1n) is 9.75. The zero-order valence-corrected chi connectivity index (χ0v) is 16.8. The molecule has 0 aliphatic carbocycles. The van der Waals surface area contributed by atoms with E-state index in [0.29, 0.717) is 12.2 Å². The smallest absolute Gasteiger partial charge is 0.416 e. The van der Waals surface area contributed by atoms with Crippen LogP contribution in [0.15, 0.2) is 48.5 Å². The molecule has 0 N–H and O–H groups in total. The van der Waals surface area contributed by atoms with Crippen LogP contribution >= 0.6 is 0 Å². The van der Waals surface area contributed by atoms with E-state index in [1.54, 1.807) is 18.2 Å². The van der Waals surface area contributed by atoms with Crippen LogP contribution in [0.3, 0.4) is 0 Å². The van der Waals surface area contributed by atoms with E-state index in [9.17, 15) is 13.2 Å². The standard InChI is InChI=1S/C23H29F3NO/c1-4-27(5-2,6-3)16-17-28-22-14-12-19(13-15-22)10-11-20-8-7-9-21(18-20)23(24,25)26/h7-15,18H,4-6,16-17H2,1-3H3/q+1. The summed E-state index contributed by atoms with van der Waals surface area (Å²) in [5.74, 6) is 0.803. The van der Waals surface area contributed by atoms with Gasteiger partial charge in [-0.1, -0.05) is 36.4 Å². The van der Waals surface area contributed by atoms with Crippen LogP contribution in [-0.4, -0.2) is 37.3 Å². The lowest BCUT2D eigenvalue weighted by atomic mass is 10.1. The summed E-state index contributed by atoms with van der Waals surface area (Å²) in [6.45, 7) is 11.5. The van der Waals surface area contributed by atoms with Crippen molar-refractivity contribution in [3.05, 3.63) is 65.2 Å². The molecule has 2 rings (SSSR count). The first kappa shape index (κ1) is 22.0. The van der Waals surface area contributed by atoms with Crippen LogP contribution in [0.1, 0.15) is 37.5 Å². The SMILES string of the molecule is CC[N+](CC)(CC)CCOc1ccc(C=Cc2cccc(C(F)(F)F)c2)cc1. The number of quaternary nitrogens is 1. The minimum absolute atomic E-state index is 0.517. The Balaban J connectivity index is 1.95. The molecule has 0 bridgehead atoms. The van der Waals surface area contributed by atoms with Crippen LogP contribution in [0.4, 0.5) is 13.2 Å². The van der Waals surface area contributed by atoms with Crippen molar-refractivity contribution in [1.82, 2.24) is 0 Å². The van der Waals surface area contributed by atoms with Crippen molar-refractivity contribution in [2.75, 3.05) is 32.8 Å². The third-order valence-electron chi connectivity index (χ3n) is 5.41. The molecule has 28 heavy (non-hydrogen) atoms. The molecule has 0 radical (unpaired) electrons. The Morgan fingerprint density at radius 3 is 2.04 bits per heavy atom. The lowest BCUT2D eigenvalue weighted by Gasteiger charge is -2.35. The highest BCUT2D eigenvalue weighted by molar-refractivity contribution is 5.70. The van der Waals surface area contributed by atoms with Gasteiger partial charge in [0.25, 0.3) is 0 Å². The number of alkyl halides is 3. The number of benzene rings is 2. The topological polar surface area (TPSA) is 9.23 Å².